The first-order chi connectivity index (χ1) is 8.54. The van der Waals surface area contributed by atoms with Gasteiger partial charge in [-0.2, -0.15) is 0 Å². The Morgan fingerprint density at radius 2 is 2.28 bits per heavy atom. The molecule has 0 aliphatic heterocycles. The molecular weight excluding hydrogens is 234 g/mol. The Kier molecular flexibility index (Phi) is 3.12. The van der Waals surface area contributed by atoms with Crippen LogP contribution in [0.4, 0.5) is 5.69 Å². The van der Waals surface area contributed by atoms with E-state index in [-0.39, 0.29) is 6.42 Å². The molecule has 0 aliphatic carbocycles. The van der Waals surface area contributed by atoms with Gasteiger partial charge in [0.2, 0.25) is 0 Å². The summed E-state index contributed by atoms with van der Waals surface area (Å²) >= 11 is 0. The Morgan fingerprint density at radius 1 is 1.56 bits per heavy atom. The predicted molar refractivity (Wildman–Crippen MR) is 67.8 cm³/mol. The SMILES string of the molecule is Cc1ccc2[nH]cc(CC(N)C(=O)O)c2c1N=O. The van der Waals surface area contributed by atoms with Crippen LogP contribution in [-0.4, -0.2) is 22.1 Å². The number of hydrogen-bond donors (Lipinski definition) is 3. The number of carboxylic acid groups (broad SMARTS) is 1. The van der Waals surface area contributed by atoms with E-state index >= 15 is 0 Å². The lowest BCUT2D eigenvalue weighted by Crippen LogP contribution is -2.32. The summed E-state index contributed by atoms with van der Waals surface area (Å²) in [7, 11) is 0. The van der Waals surface area contributed by atoms with Crippen LogP contribution in [0.5, 0.6) is 0 Å². The first kappa shape index (κ1) is 12.3. The van der Waals surface area contributed by atoms with Gasteiger partial charge in [0.25, 0.3) is 0 Å². The summed E-state index contributed by atoms with van der Waals surface area (Å²) in [5.41, 5.74) is 8.04. The summed E-state index contributed by atoms with van der Waals surface area (Å²) in [4.78, 5) is 24.6. The number of H-pyrrole nitrogens is 1. The van der Waals surface area contributed by atoms with Gasteiger partial charge in [0, 0.05) is 23.5 Å². The molecule has 6 nitrogen and oxygen atoms in total. The Bertz CT molecular complexity index is 618. The number of aryl methyl sites for hydroxylation is 1. The van der Waals surface area contributed by atoms with Crippen LogP contribution in [-0.2, 0) is 11.2 Å². The van der Waals surface area contributed by atoms with E-state index in [1.165, 1.54) is 0 Å². The second-order valence-corrected chi connectivity index (χ2v) is 4.21. The number of aromatic nitrogens is 1. The van der Waals surface area contributed by atoms with E-state index < -0.39 is 12.0 Å². The molecule has 0 saturated carbocycles. The van der Waals surface area contributed by atoms with Gasteiger partial charge in [0.1, 0.15) is 11.7 Å². The van der Waals surface area contributed by atoms with Crippen molar-refractivity contribution < 1.29 is 9.90 Å². The van der Waals surface area contributed by atoms with Crippen LogP contribution in [0, 0.1) is 11.8 Å². The maximum atomic E-state index is 10.9. The van der Waals surface area contributed by atoms with Gasteiger partial charge >= 0.3 is 5.97 Å². The van der Waals surface area contributed by atoms with Gasteiger partial charge in [-0.05, 0) is 29.3 Å². The Hall–Kier alpha value is -2.21. The molecule has 2 aromatic rings. The zero-order chi connectivity index (χ0) is 13.3. The molecule has 0 saturated heterocycles. The van der Waals surface area contributed by atoms with Crippen LogP contribution in [0.3, 0.4) is 0 Å². The lowest BCUT2D eigenvalue weighted by Gasteiger charge is -2.06. The fourth-order valence-electron chi connectivity index (χ4n) is 1.98. The number of carboxylic acids is 1. The van der Waals surface area contributed by atoms with Crippen molar-refractivity contribution in [1.29, 1.82) is 0 Å². The molecule has 1 aromatic carbocycles. The minimum Gasteiger partial charge on any atom is -0.480 e. The van der Waals surface area contributed by atoms with E-state index in [0.29, 0.717) is 16.6 Å². The van der Waals surface area contributed by atoms with E-state index in [9.17, 15) is 9.70 Å². The molecule has 1 atom stereocenters. The first-order valence-corrected chi connectivity index (χ1v) is 5.46. The van der Waals surface area contributed by atoms with Crippen molar-refractivity contribution >= 4 is 22.6 Å². The molecule has 0 amide bonds. The highest BCUT2D eigenvalue weighted by Crippen LogP contribution is 2.32. The summed E-state index contributed by atoms with van der Waals surface area (Å²) in [6.07, 6.45) is 1.82. The molecule has 2 rings (SSSR count). The highest BCUT2D eigenvalue weighted by atomic mass is 16.4. The van der Waals surface area contributed by atoms with Crippen molar-refractivity contribution in [2.75, 3.05) is 0 Å². The van der Waals surface area contributed by atoms with Crippen LogP contribution in [0.25, 0.3) is 10.9 Å². The number of rotatable bonds is 4. The van der Waals surface area contributed by atoms with Gasteiger partial charge in [0.05, 0.1) is 0 Å². The summed E-state index contributed by atoms with van der Waals surface area (Å²) in [5.74, 6) is -1.07. The molecule has 0 radical (unpaired) electrons. The maximum Gasteiger partial charge on any atom is 0.320 e. The van der Waals surface area contributed by atoms with E-state index in [1.54, 1.807) is 19.2 Å². The number of fused-ring (bicyclic) bond motifs is 1. The fourth-order valence-corrected chi connectivity index (χ4v) is 1.98. The van der Waals surface area contributed by atoms with Crippen molar-refractivity contribution in [3.05, 3.63) is 34.4 Å². The topological polar surface area (TPSA) is 109 Å². The first-order valence-electron chi connectivity index (χ1n) is 5.46. The highest BCUT2D eigenvalue weighted by Gasteiger charge is 2.17. The number of carbonyl (C=O) groups is 1. The van der Waals surface area contributed by atoms with Gasteiger partial charge in [0.15, 0.2) is 0 Å². The number of nitrogens with two attached hydrogens (primary N) is 1. The average Bonchev–Trinajstić information content (AvgIpc) is 2.72. The van der Waals surface area contributed by atoms with Crippen LogP contribution in [0.2, 0.25) is 0 Å². The molecule has 0 spiro atoms. The Balaban J connectivity index is 2.55. The van der Waals surface area contributed by atoms with Crippen molar-refractivity contribution in [2.24, 2.45) is 10.9 Å². The van der Waals surface area contributed by atoms with Crippen molar-refractivity contribution in [1.82, 2.24) is 4.98 Å². The molecular formula is C12H13N3O3. The zero-order valence-corrected chi connectivity index (χ0v) is 9.80. The standard InChI is InChI=1S/C12H13N3O3/c1-6-2-3-9-10(11(6)15-18)7(5-14-9)4-8(13)12(16)17/h2-3,5,8,14H,4,13H2,1H3,(H,16,17). The lowest BCUT2D eigenvalue weighted by atomic mass is 10.0. The second-order valence-electron chi connectivity index (χ2n) is 4.21. The summed E-state index contributed by atoms with van der Waals surface area (Å²) < 4.78 is 0. The third-order valence-corrected chi connectivity index (χ3v) is 2.95. The van der Waals surface area contributed by atoms with Gasteiger partial charge in [-0.1, -0.05) is 6.07 Å². The molecule has 94 valence electrons. The van der Waals surface area contributed by atoms with Gasteiger partial charge < -0.3 is 15.8 Å². The second kappa shape index (κ2) is 4.58. The van der Waals surface area contributed by atoms with Crippen LogP contribution < -0.4 is 5.73 Å². The predicted octanol–water partition coefficient (Wildman–Crippen LogP) is 1.83. The van der Waals surface area contributed by atoms with Crippen LogP contribution in [0.1, 0.15) is 11.1 Å². The van der Waals surface area contributed by atoms with Gasteiger partial charge in [-0.15, -0.1) is 4.91 Å². The van der Waals surface area contributed by atoms with E-state index in [2.05, 4.69) is 10.2 Å². The number of nitroso groups, excluding NO2 is 1. The third-order valence-electron chi connectivity index (χ3n) is 2.95. The number of nitrogens with one attached hydrogen (secondary N) is 1. The van der Waals surface area contributed by atoms with Gasteiger partial charge in [-0.25, -0.2) is 0 Å². The number of aromatic amines is 1. The molecule has 0 fully saturated rings. The van der Waals surface area contributed by atoms with Crippen molar-refractivity contribution in [2.45, 2.75) is 19.4 Å². The van der Waals surface area contributed by atoms with Gasteiger partial charge in [-0.3, -0.25) is 4.79 Å². The molecule has 0 bridgehead atoms. The lowest BCUT2D eigenvalue weighted by molar-refractivity contribution is -0.138. The number of benzene rings is 1. The average molecular weight is 247 g/mol. The molecule has 1 heterocycles. The van der Waals surface area contributed by atoms with E-state index in [4.69, 9.17) is 10.8 Å². The number of nitrogens with zero attached hydrogens (tertiary/aromatic N) is 1. The van der Waals surface area contributed by atoms with Crippen molar-refractivity contribution in [3.8, 4) is 0 Å². The van der Waals surface area contributed by atoms with E-state index in [1.807, 2.05) is 6.07 Å². The zero-order valence-electron chi connectivity index (χ0n) is 9.80. The minimum absolute atomic E-state index is 0.154. The molecule has 0 aliphatic rings. The summed E-state index contributed by atoms with van der Waals surface area (Å²) in [6.45, 7) is 1.78. The third kappa shape index (κ3) is 1.98. The Morgan fingerprint density at radius 3 is 2.89 bits per heavy atom. The molecule has 6 heteroatoms. The largest absolute Gasteiger partial charge is 0.480 e. The fraction of sp³-hybridized carbons (Fsp3) is 0.250. The van der Waals surface area contributed by atoms with Crippen LogP contribution in [0.15, 0.2) is 23.5 Å². The maximum absolute atomic E-state index is 10.9. The van der Waals surface area contributed by atoms with Crippen LogP contribution >= 0.6 is 0 Å². The summed E-state index contributed by atoms with van der Waals surface area (Å²) in [6, 6.07) is 2.62. The number of hydrogen-bond acceptors (Lipinski definition) is 4. The molecule has 4 N–H and O–H groups in total. The van der Waals surface area contributed by atoms with Crippen molar-refractivity contribution in [3.63, 3.8) is 0 Å². The van der Waals surface area contributed by atoms with E-state index in [0.717, 1.165) is 11.1 Å². The molecule has 1 aromatic heterocycles. The highest BCUT2D eigenvalue weighted by molar-refractivity contribution is 5.95. The normalized spacial score (nSPS) is 12.6. The quantitative estimate of drug-likeness (QED) is 0.716. The Labute approximate surface area is 103 Å². The molecule has 18 heavy (non-hydrogen) atoms. The smallest absolute Gasteiger partial charge is 0.320 e. The molecule has 1 unspecified atom stereocenters. The minimum atomic E-state index is -1.07. The number of aliphatic carboxylic acids is 1. The monoisotopic (exact) mass is 247 g/mol. The summed E-state index contributed by atoms with van der Waals surface area (Å²) in [5, 5.41) is 12.5.